The molecule has 1 aromatic heterocycles. The highest BCUT2D eigenvalue weighted by molar-refractivity contribution is 5.84. The van der Waals surface area contributed by atoms with E-state index in [1.54, 1.807) is 6.07 Å². The number of furan rings is 1. The van der Waals surface area contributed by atoms with E-state index in [4.69, 9.17) is 9.52 Å². The minimum absolute atomic E-state index is 0.0511. The van der Waals surface area contributed by atoms with Crippen LogP contribution in [0.5, 0.6) is 0 Å². The lowest BCUT2D eigenvalue weighted by Crippen LogP contribution is -2.09. The summed E-state index contributed by atoms with van der Waals surface area (Å²) in [5.74, 6) is -0.302. The highest BCUT2D eigenvalue weighted by Gasteiger charge is 2.10. The number of hydrogen-bond acceptors (Lipinski definition) is 3. The molecule has 1 unspecified atom stereocenters. The number of benzene rings is 1. The maximum Gasteiger partial charge on any atom is 0.371 e. The molecule has 94 valence electrons. The molecule has 0 aliphatic carbocycles. The van der Waals surface area contributed by atoms with Gasteiger partial charge in [-0.1, -0.05) is 37.3 Å². The topological polar surface area (TPSA) is 62.5 Å². The molecule has 0 saturated carbocycles. The first-order valence-corrected chi connectivity index (χ1v) is 5.79. The lowest BCUT2D eigenvalue weighted by atomic mass is 10.0. The van der Waals surface area contributed by atoms with Crippen molar-refractivity contribution in [2.75, 3.05) is 11.9 Å². The minimum atomic E-state index is -1.06. The van der Waals surface area contributed by atoms with E-state index in [0.717, 1.165) is 0 Å². The molecule has 4 nitrogen and oxygen atoms in total. The third-order valence-corrected chi connectivity index (χ3v) is 2.77. The summed E-state index contributed by atoms with van der Waals surface area (Å²) in [4.78, 5) is 10.7. The number of carboxylic acid groups (broad SMARTS) is 1. The highest BCUT2D eigenvalue weighted by Crippen LogP contribution is 2.18. The van der Waals surface area contributed by atoms with E-state index >= 15 is 0 Å². The van der Waals surface area contributed by atoms with Crippen LogP contribution < -0.4 is 5.32 Å². The van der Waals surface area contributed by atoms with Gasteiger partial charge in [0.25, 0.3) is 0 Å². The van der Waals surface area contributed by atoms with E-state index in [2.05, 4.69) is 24.4 Å². The monoisotopic (exact) mass is 245 g/mol. The zero-order valence-corrected chi connectivity index (χ0v) is 10.1. The van der Waals surface area contributed by atoms with Crippen molar-refractivity contribution in [2.24, 2.45) is 0 Å². The summed E-state index contributed by atoms with van der Waals surface area (Å²) in [6.07, 6.45) is 0. The summed E-state index contributed by atoms with van der Waals surface area (Å²) in [5, 5.41) is 11.8. The van der Waals surface area contributed by atoms with Crippen molar-refractivity contribution in [3.8, 4) is 0 Å². The van der Waals surface area contributed by atoms with E-state index in [1.165, 1.54) is 11.6 Å². The largest absolute Gasteiger partial charge is 0.475 e. The molecule has 1 aromatic carbocycles. The summed E-state index contributed by atoms with van der Waals surface area (Å²) in [6, 6.07) is 13.2. The van der Waals surface area contributed by atoms with E-state index in [9.17, 15) is 4.79 Å². The van der Waals surface area contributed by atoms with Crippen LogP contribution in [-0.4, -0.2) is 17.6 Å². The third kappa shape index (κ3) is 2.91. The van der Waals surface area contributed by atoms with Gasteiger partial charge in [-0.15, -0.1) is 0 Å². The first-order valence-electron chi connectivity index (χ1n) is 5.79. The average molecular weight is 245 g/mol. The number of carbonyl (C=O) groups is 1. The Hall–Kier alpha value is -2.23. The van der Waals surface area contributed by atoms with Crippen molar-refractivity contribution < 1.29 is 14.3 Å². The van der Waals surface area contributed by atoms with Crippen LogP contribution in [0.1, 0.15) is 29.0 Å². The van der Waals surface area contributed by atoms with Gasteiger partial charge in [-0.3, -0.25) is 0 Å². The van der Waals surface area contributed by atoms with Gasteiger partial charge < -0.3 is 14.8 Å². The van der Waals surface area contributed by atoms with Gasteiger partial charge in [0.2, 0.25) is 5.76 Å². The van der Waals surface area contributed by atoms with Crippen LogP contribution in [0.25, 0.3) is 0 Å². The van der Waals surface area contributed by atoms with Gasteiger partial charge in [0, 0.05) is 12.6 Å². The number of anilines is 1. The molecule has 2 aromatic rings. The van der Waals surface area contributed by atoms with Crippen molar-refractivity contribution in [3.05, 3.63) is 53.8 Å². The molecule has 18 heavy (non-hydrogen) atoms. The average Bonchev–Trinajstić information content (AvgIpc) is 2.86. The second kappa shape index (κ2) is 5.40. The van der Waals surface area contributed by atoms with Crippen LogP contribution in [0.4, 0.5) is 5.88 Å². The molecule has 2 N–H and O–H groups in total. The number of aromatic carboxylic acids is 1. The second-order valence-electron chi connectivity index (χ2n) is 4.16. The van der Waals surface area contributed by atoms with Gasteiger partial charge in [-0.2, -0.15) is 0 Å². The summed E-state index contributed by atoms with van der Waals surface area (Å²) in [7, 11) is 0. The Kier molecular flexibility index (Phi) is 3.67. The van der Waals surface area contributed by atoms with Gasteiger partial charge in [0.05, 0.1) is 0 Å². The summed E-state index contributed by atoms with van der Waals surface area (Å²) in [5.41, 5.74) is 1.23. The third-order valence-electron chi connectivity index (χ3n) is 2.77. The zero-order valence-electron chi connectivity index (χ0n) is 10.1. The van der Waals surface area contributed by atoms with Crippen LogP contribution in [0.15, 0.2) is 46.9 Å². The van der Waals surface area contributed by atoms with Crippen LogP contribution >= 0.6 is 0 Å². The lowest BCUT2D eigenvalue weighted by Gasteiger charge is -2.12. The van der Waals surface area contributed by atoms with Crippen LogP contribution in [0.3, 0.4) is 0 Å². The van der Waals surface area contributed by atoms with Crippen molar-refractivity contribution in [2.45, 2.75) is 12.8 Å². The van der Waals surface area contributed by atoms with Crippen molar-refractivity contribution in [1.82, 2.24) is 0 Å². The molecule has 0 radical (unpaired) electrons. The molecule has 0 bridgehead atoms. The van der Waals surface area contributed by atoms with Crippen molar-refractivity contribution in [3.63, 3.8) is 0 Å². The summed E-state index contributed by atoms with van der Waals surface area (Å²) in [6.45, 7) is 2.79. The van der Waals surface area contributed by atoms with Crippen LogP contribution in [0, 0.1) is 0 Å². The highest BCUT2D eigenvalue weighted by atomic mass is 16.4. The van der Waals surface area contributed by atoms with E-state index in [0.29, 0.717) is 18.3 Å². The predicted octanol–water partition coefficient (Wildman–Crippen LogP) is 3.19. The molecule has 0 aliphatic heterocycles. The number of carboxylic acids is 1. The quantitative estimate of drug-likeness (QED) is 0.849. The molecule has 2 rings (SSSR count). The summed E-state index contributed by atoms with van der Waals surface area (Å²) < 4.78 is 5.12. The van der Waals surface area contributed by atoms with Gasteiger partial charge in [-0.05, 0) is 17.5 Å². The minimum Gasteiger partial charge on any atom is -0.475 e. The molecule has 0 aliphatic rings. The lowest BCUT2D eigenvalue weighted by molar-refractivity contribution is 0.0663. The maximum absolute atomic E-state index is 10.7. The molecule has 1 atom stereocenters. The number of rotatable bonds is 5. The van der Waals surface area contributed by atoms with Gasteiger partial charge in [0.15, 0.2) is 5.88 Å². The first kappa shape index (κ1) is 12.2. The van der Waals surface area contributed by atoms with Gasteiger partial charge >= 0.3 is 5.97 Å². The zero-order chi connectivity index (χ0) is 13.0. The molecule has 4 heteroatoms. The fourth-order valence-corrected chi connectivity index (χ4v) is 1.70. The van der Waals surface area contributed by atoms with Gasteiger partial charge in [0.1, 0.15) is 0 Å². The second-order valence-corrected chi connectivity index (χ2v) is 4.16. The Morgan fingerprint density at radius 2 is 2.00 bits per heavy atom. The maximum atomic E-state index is 10.7. The fraction of sp³-hybridized carbons (Fsp3) is 0.214. The Bertz CT molecular complexity index is 519. The van der Waals surface area contributed by atoms with E-state index in [-0.39, 0.29) is 5.76 Å². The van der Waals surface area contributed by atoms with Gasteiger partial charge in [-0.25, -0.2) is 4.79 Å². The normalized spacial score (nSPS) is 12.1. The molecular weight excluding hydrogens is 230 g/mol. The Labute approximate surface area is 105 Å². The Balaban J connectivity index is 1.93. The van der Waals surface area contributed by atoms with Crippen LogP contribution in [0.2, 0.25) is 0 Å². The van der Waals surface area contributed by atoms with E-state index < -0.39 is 5.97 Å². The molecule has 0 fully saturated rings. The molecule has 0 spiro atoms. The molecule has 1 heterocycles. The molecular formula is C14H15NO3. The smallest absolute Gasteiger partial charge is 0.371 e. The molecule has 0 saturated heterocycles. The van der Waals surface area contributed by atoms with Crippen LogP contribution in [-0.2, 0) is 0 Å². The number of hydrogen-bond donors (Lipinski definition) is 2. The molecule has 0 amide bonds. The first-order chi connectivity index (χ1) is 8.66. The standard InChI is InChI=1S/C14H15NO3/c1-10(11-5-3-2-4-6-11)9-15-13-8-7-12(18-13)14(16)17/h2-8,10,15H,9H2,1H3,(H,16,17). The predicted molar refractivity (Wildman–Crippen MR) is 69.0 cm³/mol. The number of nitrogens with one attached hydrogen (secondary N) is 1. The Morgan fingerprint density at radius 3 is 2.61 bits per heavy atom. The Morgan fingerprint density at radius 1 is 1.28 bits per heavy atom. The van der Waals surface area contributed by atoms with E-state index in [1.807, 2.05) is 18.2 Å². The summed E-state index contributed by atoms with van der Waals surface area (Å²) >= 11 is 0. The van der Waals surface area contributed by atoms with Crippen molar-refractivity contribution >= 4 is 11.9 Å². The van der Waals surface area contributed by atoms with Crippen molar-refractivity contribution in [1.29, 1.82) is 0 Å². The fourth-order valence-electron chi connectivity index (χ4n) is 1.70. The SMILES string of the molecule is CC(CNc1ccc(C(=O)O)o1)c1ccccc1.